The molecule has 0 unspecified atom stereocenters. The molecule has 0 N–H and O–H groups in total. The van der Waals surface area contributed by atoms with Crippen molar-refractivity contribution in [3.63, 3.8) is 0 Å². The van der Waals surface area contributed by atoms with Crippen LogP contribution in [-0.2, 0) is 0 Å². The van der Waals surface area contributed by atoms with E-state index in [1.165, 1.54) is 17.1 Å². The highest BCUT2D eigenvalue weighted by molar-refractivity contribution is 8.38. The van der Waals surface area contributed by atoms with Crippen molar-refractivity contribution in [1.82, 2.24) is 0 Å². The Balaban J connectivity index is 2.64. The van der Waals surface area contributed by atoms with E-state index in [2.05, 4.69) is 24.8 Å². The van der Waals surface area contributed by atoms with Crippen LogP contribution in [-0.4, -0.2) is 22.2 Å². The molecule has 0 aromatic heterocycles. The normalized spacial score (nSPS) is 22.1. The summed E-state index contributed by atoms with van der Waals surface area (Å²) < 4.78 is 1.89. The van der Waals surface area contributed by atoms with Gasteiger partial charge in [-0.05, 0) is 31.6 Å². The van der Waals surface area contributed by atoms with E-state index in [0.29, 0.717) is 3.41 Å². The van der Waals surface area contributed by atoms with E-state index in [1.54, 1.807) is 0 Å². The van der Waals surface area contributed by atoms with E-state index in [4.69, 9.17) is 0 Å². The molecule has 0 amide bonds. The minimum atomic E-state index is 0.396. The second-order valence-electron chi connectivity index (χ2n) is 2.46. The number of allylic oxidation sites excluding steroid dienone is 1. The molecule has 4 heteroatoms. The minimum absolute atomic E-state index is 0.396. The molecule has 0 aromatic carbocycles. The average Bonchev–Trinajstić information content (AvgIpc) is 2.18. The second-order valence-corrected chi connectivity index (χ2v) is 7.89. The Kier molecular flexibility index (Phi) is 4.79. The number of hydrogen-bond acceptors (Lipinski definition) is 4. The maximum Gasteiger partial charge on any atom is 0.111 e. The smallest absolute Gasteiger partial charge is 0.111 e. The van der Waals surface area contributed by atoms with Crippen LogP contribution in [0.5, 0.6) is 0 Å². The van der Waals surface area contributed by atoms with Crippen LogP contribution in [0.15, 0.2) is 10.3 Å². The first-order valence-electron chi connectivity index (χ1n) is 3.80. The highest BCUT2D eigenvalue weighted by atomic mass is 32.3. The van der Waals surface area contributed by atoms with Crippen molar-refractivity contribution in [3.05, 3.63) is 10.3 Å². The Bertz CT molecular complexity index is 172. The van der Waals surface area contributed by atoms with E-state index >= 15 is 0 Å². The van der Waals surface area contributed by atoms with E-state index in [1.807, 2.05) is 47.0 Å². The summed E-state index contributed by atoms with van der Waals surface area (Å²) in [6, 6.07) is 0. The first-order chi connectivity index (χ1) is 5.76. The third-order valence-electron chi connectivity index (χ3n) is 1.84. The van der Waals surface area contributed by atoms with Gasteiger partial charge in [0.15, 0.2) is 0 Å². The molecule has 1 aliphatic rings. The van der Waals surface area contributed by atoms with Crippen molar-refractivity contribution < 1.29 is 0 Å². The fourth-order valence-corrected chi connectivity index (χ4v) is 5.71. The lowest BCUT2D eigenvalue weighted by atomic mass is 10.3. The monoisotopic (exact) mass is 238 g/mol. The summed E-state index contributed by atoms with van der Waals surface area (Å²) >= 11 is 7.87. The molecular formula is C8H14S4. The molecule has 0 saturated carbocycles. The molecule has 1 rings (SSSR count). The van der Waals surface area contributed by atoms with Gasteiger partial charge < -0.3 is 0 Å². The van der Waals surface area contributed by atoms with Crippen molar-refractivity contribution in [2.24, 2.45) is 0 Å². The van der Waals surface area contributed by atoms with Crippen LogP contribution >= 0.6 is 47.0 Å². The van der Waals surface area contributed by atoms with E-state index in [0.717, 1.165) is 0 Å². The molecule has 0 atom stereocenters. The summed E-state index contributed by atoms with van der Waals surface area (Å²) in [5.41, 5.74) is 0. The van der Waals surface area contributed by atoms with Crippen LogP contribution in [0, 0.1) is 0 Å². The van der Waals surface area contributed by atoms with E-state index in [9.17, 15) is 0 Å². The van der Waals surface area contributed by atoms with Gasteiger partial charge in [0.05, 0.1) is 0 Å². The van der Waals surface area contributed by atoms with Crippen molar-refractivity contribution in [2.45, 2.75) is 16.3 Å². The van der Waals surface area contributed by atoms with Crippen LogP contribution in [0.2, 0.25) is 0 Å². The number of rotatable bonds is 3. The Morgan fingerprint density at radius 2 is 2.00 bits per heavy atom. The quantitative estimate of drug-likeness (QED) is 0.679. The van der Waals surface area contributed by atoms with Gasteiger partial charge in [-0.15, -0.1) is 35.3 Å². The van der Waals surface area contributed by atoms with Gasteiger partial charge in [-0.3, -0.25) is 0 Å². The Morgan fingerprint density at radius 3 is 2.50 bits per heavy atom. The fraction of sp³-hybridized carbons (Fsp3) is 0.750. The number of thioether (sulfide) groups is 4. The van der Waals surface area contributed by atoms with Gasteiger partial charge in [-0.2, -0.15) is 0 Å². The minimum Gasteiger partial charge on any atom is -0.137 e. The van der Waals surface area contributed by atoms with E-state index in [-0.39, 0.29) is 0 Å². The largest absolute Gasteiger partial charge is 0.137 e. The van der Waals surface area contributed by atoms with Crippen molar-refractivity contribution in [3.8, 4) is 0 Å². The van der Waals surface area contributed by atoms with Crippen molar-refractivity contribution >= 4 is 47.0 Å². The summed E-state index contributed by atoms with van der Waals surface area (Å²) in [6.45, 7) is 0. The van der Waals surface area contributed by atoms with E-state index < -0.39 is 0 Å². The van der Waals surface area contributed by atoms with Gasteiger partial charge in [-0.1, -0.05) is 17.8 Å². The zero-order valence-electron chi connectivity index (χ0n) is 7.62. The molecule has 0 spiro atoms. The molecule has 12 heavy (non-hydrogen) atoms. The Morgan fingerprint density at radius 1 is 1.33 bits per heavy atom. The SMILES string of the molecule is CSC1=CCCC(SC)(SC)S1. The lowest BCUT2D eigenvalue weighted by molar-refractivity contribution is 0.898. The summed E-state index contributed by atoms with van der Waals surface area (Å²) in [6.07, 6.45) is 11.5. The van der Waals surface area contributed by atoms with Crippen LogP contribution in [0.1, 0.15) is 12.8 Å². The lowest BCUT2D eigenvalue weighted by Crippen LogP contribution is -2.16. The fourth-order valence-electron chi connectivity index (χ4n) is 1.11. The predicted octanol–water partition coefficient (Wildman–Crippen LogP) is 4.10. The zero-order chi connectivity index (χ0) is 9.03. The highest BCUT2D eigenvalue weighted by Gasteiger charge is 2.31. The first kappa shape index (κ1) is 11.2. The maximum atomic E-state index is 2.36. The molecule has 0 fully saturated rings. The highest BCUT2D eigenvalue weighted by Crippen LogP contribution is 2.55. The van der Waals surface area contributed by atoms with Crippen LogP contribution in [0.4, 0.5) is 0 Å². The average molecular weight is 238 g/mol. The maximum absolute atomic E-state index is 2.36. The molecule has 1 aliphatic heterocycles. The first-order valence-corrected chi connectivity index (χ1v) is 8.29. The van der Waals surface area contributed by atoms with Gasteiger partial charge in [0, 0.05) is 4.24 Å². The van der Waals surface area contributed by atoms with Gasteiger partial charge >= 0.3 is 0 Å². The van der Waals surface area contributed by atoms with Crippen LogP contribution < -0.4 is 0 Å². The van der Waals surface area contributed by atoms with Gasteiger partial charge in [-0.25, -0.2) is 0 Å². The predicted molar refractivity (Wildman–Crippen MR) is 68.2 cm³/mol. The molecule has 70 valence electrons. The van der Waals surface area contributed by atoms with Crippen LogP contribution in [0.3, 0.4) is 0 Å². The molecule has 1 heterocycles. The molecule has 0 aliphatic carbocycles. The summed E-state index contributed by atoms with van der Waals surface area (Å²) in [7, 11) is 0. The lowest BCUT2D eigenvalue weighted by Gasteiger charge is -2.32. The third-order valence-corrected chi connectivity index (χ3v) is 8.20. The topological polar surface area (TPSA) is 0 Å². The molecule has 0 aromatic rings. The number of hydrogen-bond donors (Lipinski definition) is 0. The second kappa shape index (κ2) is 5.13. The molecule has 0 nitrogen and oxygen atoms in total. The van der Waals surface area contributed by atoms with Gasteiger partial charge in [0.2, 0.25) is 0 Å². The molecular weight excluding hydrogens is 224 g/mol. The summed E-state index contributed by atoms with van der Waals surface area (Å²) in [4.78, 5) is 0. The van der Waals surface area contributed by atoms with Crippen LogP contribution in [0.25, 0.3) is 0 Å². The van der Waals surface area contributed by atoms with Crippen molar-refractivity contribution in [1.29, 1.82) is 0 Å². The summed E-state index contributed by atoms with van der Waals surface area (Å²) in [5, 5.41) is 0. The molecule has 0 bridgehead atoms. The Hall–Kier alpha value is 1.14. The summed E-state index contributed by atoms with van der Waals surface area (Å²) in [5.74, 6) is 0. The Labute approximate surface area is 92.1 Å². The standard InChI is InChI=1S/C8H14S4/c1-9-7-5-4-6-8(10-2,11-3)12-7/h5H,4,6H2,1-3H3. The van der Waals surface area contributed by atoms with Crippen molar-refractivity contribution in [2.75, 3.05) is 18.8 Å². The van der Waals surface area contributed by atoms with Gasteiger partial charge in [0.1, 0.15) is 3.41 Å². The van der Waals surface area contributed by atoms with Gasteiger partial charge in [0.25, 0.3) is 0 Å². The molecule has 0 radical (unpaired) electrons. The third kappa shape index (κ3) is 2.56. The zero-order valence-corrected chi connectivity index (χ0v) is 10.9. The molecule has 0 saturated heterocycles.